The second-order valence-corrected chi connectivity index (χ2v) is 5.86. The summed E-state index contributed by atoms with van der Waals surface area (Å²) in [4.78, 5) is 13.8. The maximum absolute atomic E-state index is 11.9. The molecule has 1 rings (SSSR count). The molecule has 0 aromatic carbocycles. The van der Waals surface area contributed by atoms with E-state index in [4.69, 9.17) is 0 Å². The van der Waals surface area contributed by atoms with Crippen LogP contribution in [-0.4, -0.2) is 40.7 Å². The summed E-state index contributed by atoms with van der Waals surface area (Å²) in [5.74, 6) is 2.75. The lowest BCUT2D eigenvalue weighted by Crippen LogP contribution is -2.42. The van der Waals surface area contributed by atoms with Crippen molar-refractivity contribution in [1.29, 1.82) is 0 Å². The second kappa shape index (κ2) is 5.31. The van der Waals surface area contributed by atoms with E-state index in [0.29, 0.717) is 12.0 Å². The van der Waals surface area contributed by atoms with Gasteiger partial charge in [-0.15, -0.1) is 0 Å². The van der Waals surface area contributed by atoms with Gasteiger partial charge in [-0.2, -0.15) is 24.4 Å². The molecule has 0 saturated carbocycles. The number of amides is 1. The number of hydrogen-bond acceptors (Lipinski definition) is 3. The van der Waals surface area contributed by atoms with Crippen LogP contribution in [0.3, 0.4) is 0 Å². The maximum atomic E-state index is 11.9. The van der Waals surface area contributed by atoms with Crippen LogP contribution in [0.4, 0.5) is 0 Å². The van der Waals surface area contributed by atoms with Crippen LogP contribution in [0.1, 0.15) is 20.3 Å². The number of hydrogen-bond donors (Lipinski definition) is 1. The molecule has 0 aromatic heterocycles. The molecule has 0 N–H and O–H groups in total. The van der Waals surface area contributed by atoms with Crippen LogP contribution in [0.5, 0.6) is 0 Å². The molecule has 0 radical (unpaired) electrons. The molecule has 1 aliphatic rings. The third kappa shape index (κ3) is 2.83. The molecule has 2 unspecified atom stereocenters. The van der Waals surface area contributed by atoms with Gasteiger partial charge < -0.3 is 4.90 Å². The van der Waals surface area contributed by atoms with Gasteiger partial charge in [0.2, 0.25) is 5.91 Å². The maximum Gasteiger partial charge on any atom is 0.235 e. The normalized spacial score (nSPS) is 23.9. The fraction of sp³-hybridized carbons (Fsp3) is 0.900. The molecule has 2 atom stereocenters. The Balaban J connectivity index is 2.50. The first-order valence-corrected chi connectivity index (χ1v) is 6.73. The lowest BCUT2D eigenvalue weighted by atomic mass is 10.1. The summed E-state index contributed by atoms with van der Waals surface area (Å²) in [6, 6.07) is 0.431. The molecule has 1 fully saturated rings. The molecule has 1 amide bonds. The minimum atomic E-state index is -0.148. The minimum Gasteiger partial charge on any atom is -0.341 e. The van der Waals surface area contributed by atoms with Crippen molar-refractivity contribution >= 4 is 30.3 Å². The first-order valence-electron chi connectivity index (χ1n) is 5.06. The van der Waals surface area contributed by atoms with Gasteiger partial charge in [0.05, 0.1) is 5.25 Å². The molecule has 14 heavy (non-hydrogen) atoms. The molecular weight excluding hydrogens is 214 g/mol. The van der Waals surface area contributed by atoms with E-state index < -0.39 is 0 Å². The first kappa shape index (κ1) is 12.2. The molecule has 2 nitrogen and oxygen atoms in total. The molecule has 1 heterocycles. The Bertz CT molecular complexity index is 202. The lowest BCUT2D eigenvalue weighted by molar-refractivity contribution is -0.131. The monoisotopic (exact) mass is 233 g/mol. The zero-order valence-electron chi connectivity index (χ0n) is 9.06. The van der Waals surface area contributed by atoms with Crippen LogP contribution in [0, 0.1) is 5.92 Å². The Morgan fingerprint density at radius 2 is 2.21 bits per heavy atom. The molecule has 0 bridgehead atoms. The van der Waals surface area contributed by atoms with E-state index in [1.54, 1.807) is 0 Å². The van der Waals surface area contributed by atoms with Gasteiger partial charge in [-0.3, -0.25) is 4.79 Å². The highest BCUT2D eigenvalue weighted by atomic mass is 32.2. The number of carbonyl (C=O) groups excluding carboxylic acids is 1. The number of thiol groups is 1. The van der Waals surface area contributed by atoms with Gasteiger partial charge in [0.15, 0.2) is 0 Å². The molecule has 82 valence electrons. The number of carbonyl (C=O) groups is 1. The Morgan fingerprint density at radius 1 is 1.57 bits per heavy atom. The third-order valence-electron chi connectivity index (χ3n) is 2.69. The summed E-state index contributed by atoms with van der Waals surface area (Å²) in [5, 5.41) is -0.148. The van der Waals surface area contributed by atoms with Gasteiger partial charge >= 0.3 is 0 Å². The van der Waals surface area contributed by atoms with Crippen LogP contribution < -0.4 is 0 Å². The molecular formula is C10H19NOS2. The van der Waals surface area contributed by atoms with Crippen molar-refractivity contribution in [3.8, 4) is 0 Å². The van der Waals surface area contributed by atoms with Crippen molar-refractivity contribution in [3.63, 3.8) is 0 Å². The third-order valence-corrected chi connectivity index (χ3v) is 4.65. The molecule has 1 aliphatic heterocycles. The Morgan fingerprint density at radius 3 is 2.64 bits per heavy atom. The van der Waals surface area contributed by atoms with Crippen molar-refractivity contribution in [2.75, 3.05) is 18.6 Å². The Kier molecular flexibility index (Phi) is 4.64. The number of nitrogens with zero attached hydrogens (tertiary/aromatic N) is 1. The van der Waals surface area contributed by atoms with Crippen LogP contribution in [0.15, 0.2) is 0 Å². The lowest BCUT2D eigenvalue weighted by Gasteiger charge is -2.27. The molecule has 0 aliphatic carbocycles. The summed E-state index contributed by atoms with van der Waals surface area (Å²) in [6.07, 6.45) is 1.13. The zero-order chi connectivity index (χ0) is 10.7. The average Bonchev–Trinajstić information content (AvgIpc) is 2.67. The van der Waals surface area contributed by atoms with Crippen molar-refractivity contribution in [2.45, 2.75) is 31.6 Å². The van der Waals surface area contributed by atoms with Gasteiger partial charge in [-0.25, -0.2) is 0 Å². The Labute approximate surface area is 96.2 Å². The fourth-order valence-electron chi connectivity index (χ4n) is 1.50. The van der Waals surface area contributed by atoms with Gasteiger partial charge in [-0.05, 0) is 18.1 Å². The SMILES string of the molecule is CC(C)C(S)C(=O)N(C)C1CCSC1. The van der Waals surface area contributed by atoms with Crippen LogP contribution in [-0.2, 0) is 4.79 Å². The standard InChI is InChI=1S/C10H19NOS2/c1-7(2)9(13)10(12)11(3)8-4-5-14-6-8/h7-9,13H,4-6H2,1-3H3. The average molecular weight is 233 g/mol. The van der Waals surface area contributed by atoms with Crippen molar-refractivity contribution < 1.29 is 4.79 Å². The molecule has 1 saturated heterocycles. The quantitative estimate of drug-likeness (QED) is 0.752. The predicted octanol–water partition coefficient (Wildman–Crippen LogP) is 1.90. The summed E-state index contributed by atoms with van der Waals surface area (Å²) in [6.45, 7) is 4.07. The summed E-state index contributed by atoms with van der Waals surface area (Å²) < 4.78 is 0. The molecule has 4 heteroatoms. The highest BCUT2D eigenvalue weighted by molar-refractivity contribution is 7.99. The second-order valence-electron chi connectivity index (χ2n) is 4.16. The van der Waals surface area contributed by atoms with Crippen LogP contribution in [0.25, 0.3) is 0 Å². The number of rotatable bonds is 3. The van der Waals surface area contributed by atoms with E-state index in [2.05, 4.69) is 12.6 Å². The highest BCUT2D eigenvalue weighted by Crippen LogP contribution is 2.23. The summed E-state index contributed by atoms with van der Waals surface area (Å²) in [7, 11) is 1.91. The van der Waals surface area contributed by atoms with E-state index in [1.165, 1.54) is 5.75 Å². The Hall–Kier alpha value is 0.170. The first-order chi connectivity index (χ1) is 6.54. The summed E-state index contributed by atoms with van der Waals surface area (Å²) in [5.41, 5.74) is 0. The van der Waals surface area contributed by atoms with Crippen LogP contribution >= 0.6 is 24.4 Å². The topological polar surface area (TPSA) is 20.3 Å². The fourth-order valence-corrected chi connectivity index (χ4v) is 2.95. The van der Waals surface area contributed by atoms with Crippen molar-refractivity contribution in [2.24, 2.45) is 5.92 Å². The minimum absolute atomic E-state index is 0.148. The number of thioether (sulfide) groups is 1. The van der Waals surface area contributed by atoms with Crippen molar-refractivity contribution in [1.82, 2.24) is 4.90 Å². The summed E-state index contributed by atoms with van der Waals surface area (Å²) >= 11 is 6.28. The molecule has 0 aromatic rings. The van der Waals surface area contributed by atoms with Gasteiger partial charge in [-0.1, -0.05) is 13.8 Å². The van der Waals surface area contributed by atoms with E-state index in [1.807, 2.05) is 37.6 Å². The van der Waals surface area contributed by atoms with Crippen molar-refractivity contribution in [3.05, 3.63) is 0 Å². The smallest absolute Gasteiger partial charge is 0.235 e. The predicted molar refractivity (Wildman–Crippen MR) is 66.1 cm³/mol. The van der Waals surface area contributed by atoms with Crippen LogP contribution in [0.2, 0.25) is 0 Å². The van der Waals surface area contributed by atoms with Gasteiger partial charge in [0.1, 0.15) is 0 Å². The van der Waals surface area contributed by atoms with Gasteiger partial charge in [0, 0.05) is 18.8 Å². The zero-order valence-corrected chi connectivity index (χ0v) is 10.8. The largest absolute Gasteiger partial charge is 0.341 e. The van der Waals surface area contributed by atoms with E-state index in [9.17, 15) is 4.79 Å². The molecule has 0 spiro atoms. The van der Waals surface area contributed by atoms with E-state index >= 15 is 0 Å². The van der Waals surface area contributed by atoms with E-state index in [0.717, 1.165) is 12.2 Å². The van der Waals surface area contributed by atoms with E-state index in [-0.39, 0.29) is 11.2 Å². The van der Waals surface area contributed by atoms with Gasteiger partial charge in [0.25, 0.3) is 0 Å². The highest BCUT2D eigenvalue weighted by Gasteiger charge is 2.28.